The summed E-state index contributed by atoms with van der Waals surface area (Å²) in [6, 6.07) is 4.32. The molecule has 1 N–H and O–H groups in total. The van der Waals surface area contributed by atoms with Gasteiger partial charge in [-0.1, -0.05) is 19.9 Å². The van der Waals surface area contributed by atoms with Gasteiger partial charge >= 0.3 is 0 Å². The molecule has 0 aliphatic rings. The normalized spacial score (nSPS) is 11.4. The lowest BCUT2D eigenvalue weighted by Crippen LogP contribution is -2.40. The first kappa shape index (κ1) is 22.7. The van der Waals surface area contributed by atoms with E-state index in [1.54, 1.807) is 0 Å². The van der Waals surface area contributed by atoms with E-state index in [1.165, 1.54) is 11.3 Å². The van der Waals surface area contributed by atoms with Gasteiger partial charge in [0.1, 0.15) is 0 Å². The Labute approximate surface area is 163 Å². The monoisotopic (exact) mass is 452 g/mol. The van der Waals surface area contributed by atoms with Crippen LogP contribution in [0.25, 0.3) is 0 Å². The fourth-order valence-electron chi connectivity index (χ4n) is 2.35. The van der Waals surface area contributed by atoms with Crippen LogP contribution < -0.4 is 5.32 Å². The second-order valence-corrected chi connectivity index (χ2v) is 6.45. The standard InChI is InChI=1S/C17H32N4S.HI/c1-5-12-21(7-3)14-11-19-17(18-6-2)20(4)13-10-16-9-8-15-22-16;/h8-9,15H,5-7,10-14H2,1-4H3,(H,18,19);1H. The van der Waals surface area contributed by atoms with Crippen molar-refractivity contribution in [3.05, 3.63) is 22.4 Å². The van der Waals surface area contributed by atoms with Crippen LogP contribution in [0.2, 0.25) is 0 Å². The second kappa shape index (κ2) is 14.0. The van der Waals surface area contributed by atoms with Gasteiger partial charge in [-0.2, -0.15) is 0 Å². The van der Waals surface area contributed by atoms with Gasteiger partial charge in [0.15, 0.2) is 5.96 Å². The van der Waals surface area contributed by atoms with Gasteiger partial charge in [0, 0.05) is 31.6 Å². The van der Waals surface area contributed by atoms with E-state index in [9.17, 15) is 0 Å². The highest BCUT2D eigenvalue weighted by molar-refractivity contribution is 14.0. The van der Waals surface area contributed by atoms with Crippen molar-refractivity contribution in [1.82, 2.24) is 15.1 Å². The Hall–Kier alpha value is -0.340. The smallest absolute Gasteiger partial charge is 0.193 e. The van der Waals surface area contributed by atoms with Crippen LogP contribution in [0.15, 0.2) is 22.5 Å². The molecule has 0 saturated carbocycles. The van der Waals surface area contributed by atoms with E-state index >= 15 is 0 Å². The molecular weight excluding hydrogens is 419 g/mol. The minimum absolute atomic E-state index is 0. The van der Waals surface area contributed by atoms with Crippen LogP contribution in [0.4, 0.5) is 0 Å². The highest BCUT2D eigenvalue weighted by Gasteiger charge is 2.06. The lowest BCUT2D eigenvalue weighted by Gasteiger charge is -2.23. The molecule has 23 heavy (non-hydrogen) atoms. The third-order valence-electron chi connectivity index (χ3n) is 3.64. The summed E-state index contributed by atoms with van der Waals surface area (Å²) >= 11 is 1.83. The molecular formula is C17H33IN4S. The van der Waals surface area contributed by atoms with Crippen molar-refractivity contribution in [2.24, 2.45) is 4.99 Å². The van der Waals surface area contributed by atoms with Gasteiger partial charge in [-0.05, 0) is 44.3 Å². The highest BCUT2D eigenvalue weighted by Crippen LogP contribution is 2.09. The number of nitrogens with one attached hydrogen (secondary N) is 1. The maximum Gasteiger partial charge on any atom is 0.193 e. The fraction of sp³-hybridized carbons (Fsp3) is 0.706. The minimum atomic E-state index is 0. The zero-order valence-corrected chi connectivity index (χ0v) is 18.2. The predicted octanol–water partition coefficient (Wildman–Crippen LogP) is 3.54. The topological polar surface area (TPSA) is 30.9 Å². The molecule has 1 rings (SSSR count). The SMILES string of the molecule is CCCN(CC)CCN=C(NCC)N(C)CCc1cccs1.I. The van der Waals surface area contributed by atoms with Crippen LogP contribution in [-0.2, 0) is 6.42 Å². The van der Waals surface area contributed by atoms with E-state index in [2.05, 4.69) is 60.4 Å². The van der Waals surface area contributed by atoms with Gasteiger partial charge in [0.25, 0.3) is 0 Å². The van der Waals surface area contributed by atoms with Gasteiger partial charge in [-0.25, -0.2) is 0 Å². The van der Waals surface area contributed by atoms with E-state index in [0.717, 1.165) is 51.6 Å². The number of nitrogens with zero attached hydrogens (tertiary/aromatic N) is 3. The molecule has 0 amide bonds. The van der Waals surface area contributed by atoms with Gasteiger partial charge in [-0.15, -0.1) is 35.3 Å². The fourth-order valence-corrected chi connectivity index (χ4v) is 3.05. The van der Waals surface area contributed by atoms with Crippen molar-refractivity contribution < 1.29 is 0 Å². The van der Waals surface area contributed by atoms with Crippen molar-refractivity contribution in [3.63, 3.8) is 0 Å². The molecule has 6 heteroatoms. The van der Waals surface area contributed by atoms with Crippen LogP contribution in [0, 0.1) is 0 Å². The van der Waals surface area contributed by atoms with Crippen LogP contribution in [0.5, 0.6) is 0 Å². The molecule has 0 radical (unpaired) electrons. The summed E-state index contributed by atoms with van der Waals surface area (Å²) in [7, 11) is 2.12. The Morgan fingerprint density at radius 1 is 1.22 bits per heavy atom. The molecule has 0 bridgehead atoms. The molecule has 4 nitrogen and oxygen atoms in total. The number of guanidine groups is 1. The number of hydrogen-bond acceptors (Lipinski definition) is 3. The summed E-state index contributed by atoms with van der Waals surface area (Å²) in [5.41, 5.74) is 0. The minimum Gasteiger partial charge on any atom is -0.357 e. The summed E-state index contributed by atoms with van der Waals surface area (Å²) in [6.07, 6.45) is 2.29. The van der Waals surface area contributed by atoms with Crippen molar-refractivity contribution in [2.45, 2.75) is 33.6 Å². The number of rotatable bonds is 10. The summed E-state index contributed by atoms with van der Waals surface area (Å²) in [5, 5.41) is 5.54. The third-order valence-corrected chi connectivity index (χ3v) is 4.57. The number of halogens is 1. The average Bonchev–Trinajstić information content (AvgIpc) is 3.04. The Kier molecular flexibility index (Phi) is 13.8. The van der Waals surface area contributed by atoms with Gasteiger partial charge < -0.3 is 15.1 Å². The molecule has 0 saturated heterocycles. The summed E-state index contributed by atoms with van der Waals surface area (Å²) in [4.78, 5) is 10.9. The molecule has 1 aromatic heterocycles. The van der Waals surface area contributed by atoms with Crippen LogP contribution in [-0.4, -0.2) is 62.1 Å². The van der Waals surface area contributed by atoms with Crippen molar-refractivity contribution in [3.8, 4) is 0 Å². The largest absolute Gasteiger partial charge is 0.357 e. The highest BCUT2D eigenvalue weighted by atomic mass is 127. The molecule has 0 aliphatic carbocycles. The Balaban J connectivity index is 0.00000484. The average molecular weight is 452 g/mol. The zero-order chi connectivity index (χ0) is 16.2. The second-order valence-electron chi connectivity index (χ2n) is 5.42. The lowest BCUT2D eigenvalue weighted by molar-refractivity contribution is 0.296. The maximum absolute atomic E-state index is 4.78. The molecule has 0 aromatic carbocycles. The van der Waals surface area contributed by atoms with Crippen molar-refractivity contribution in [2.75, 3.05) is 46.3 Å². The van der Waals surface area contributed by atoms with E-state index in [0.29, 0.717) is 0 Å². The molecule has 134 valence electrons. The van der Waals surface area contributed by atoms with E-state index in [-0.39, 0.29) is 24.0 Å². The molecule has 1 heterocycles. The van der Waals surface area contributed by atoms with Crippen molar-refractivity contribution >= 4 is 41.3 Å². The zero-order valence-electron chi connectivity index (χ0n) is 15.0. The summed E-state index contributed by atoms with van der Waals surface area (Å²) in [6.45, 7) is 12.7. The number of hydrogen-bond donors (Lipinski definition) is 1. The molecule has 0 spiro atoms. The summed E-state index contributed by atoms with van der Waals surface area (Å²) in [5.74, 6) is 1.02. The lowest BCUT2D eigenvalue weighted by atomic mass is 10.3. The van der Waals surface area contributed by atoms with Gasteiger partial charge in [0.2, 0.25) is 0 Å². The summed E-state index contributed by atoms with van der Waals surface area (Å²) < 4.78 is 0. The maximum atomic E-state index is 4.78. The molecule has 0 unspecified atom stereocenters. The van der Waals surface area contributed by atoms with E-state index in [1.807, 2.05) is 11.3 Å². The van der Waals surface area contributed by atoms with Crippen LogP contribution in [0.3, 0.4) is 0 Å². The number of aliphatic imine (C=N–C) groups is 1. The van der Waals surface area contributed by atoms with Gasteiger partial charge in [-0.3, -0.25) is 4.99 Å². The van der Waals surface area contributed by atoms with E-state index < -0.39 is 0 Å². The van der Waals surface area contributed by atoms with Crippen LogP contribution in [0.1, 0.15) is 32.1 Å². The molecule has 0 aliphatic heterocycles. The van der Waals surface area contributed by atoms with Crippen LogP contribution >= 0.6 is 35.3 Å². The number of thiophene rings is 1. The predicted molar refractivity (Wildman–Crippen MR) is 114 cm³/mol. The quantitative estimate of drug-likeness (QED) is 0.335. The molecule has 0 fully saturated rings. The first-order valence-corrected chi connectivity index (χ1v) is 9.33. The number of likely N-dealkylation sites (N-methyl/N-ethyl adjacent to an activating group) is 2. The Bertz CT molecular complexity index is 409. The third kappa shape index (κ3) is 9.52. The first-order valence-electron chi connectivity index (χ1n) is 8.45. The van der Waals surface area contributed by atoms with E-state index in [4.69, 9.17) is 4.99 Å². The first-order chi connectivity index (χ1) is 10.7. The molecule has 1 aromatic rings. The Morgan fingerprint density at radius 3 is 2.57 bits per heavy atom. The Morgan fingerprint density at radius 2 is 2.00 bits per heavy atom. The molecule has 0 atom stereocenters. The van der Waals surface area contributed by atoms with Crippen molar-refractivity contribution in [1.29, 1.82) is 0 Å². The van der Waals surface area contributed by atoms with Gasteiger partial charge in [0.05, 0.1) is 6.54 Å².